The number of carboxylic acid groups (broad SMARTS) is 2. The number of unbranched alkanes of at least 4 members (excludes halogenated alkanes) is 4. The van der Waals surface area contributed by atoms with Crippen molar-refractivity contribution in [1.29, 1.82) is 0 Å². The van der Waals surface area contributed by atoms with Crippen molar-refractivity contribution < 1.29 is 177 Å². The van der Waals surface area contributed by atoms with Crippen LogP contribution in [0.4, 0.5) is 45.5 Å². The van der Waals surface area contributed by atoms with Gasteiger partial charge in [-0.3, -0.25) is 24.0 Å². The molecule has 2 aliphatic rings. The molecule has 0 spiro atoms. The minimum absolute atomic E-state index is 0. The van der Waals surface area contributed by atoms with Crippen molar-refractivity contribution in [3.63, 3.8) is 0 Å². The summed E-state index contributed by atoms with van der Waals surface area (Å²) in [6, 6.07) is 58.7. The predicted octanol–water partition coefficient (Wildman–Crippen LogP) is 9.81. The number of fused-ring (bicyclic) bond motifs is 1. The molecule has 0 saturated carbocycles. The number of phenols is 1. The van der Waals surface area contributed by atoms with Gasteiger partial charge < -0.3 is 40.9 Å². The van der Waals surface area contributed by atoms with Gasteiger partial charge in [-0.2, -0.15) is 47.6 Å². The zero-order valence-corrected chi connectivity index (χ0v) is 71.5. The Balaban J connectivity index is 0.000000459. The van der Waals surface area contributed by atoms with Gasteiger partial charge in [0.25, 0.3) is 11.8 Å². The van der Waals surface area contributed by atoms with Crippen molar-refractivity contribution >= 4 is 120 Å². The minimum atomic E-state index is -3.11. The number of carbonyl (C=O) groups excluding carboxylic acids is 7. The smallest absolute Gasteiger partial charge is 0.545 e. The van der Waals surface area contributed by atoms with Crippen molar-refractivity contribution in [2.45, 2.75) is 129 Å². The van der Waals surface area contributed by atoms with Crippen molar-refractivity contribution in [3.8, 4) is 5.75 Å². The van der Waals surface area contributed by atoms with Gasteiger partial charge in [-0.15, -0.1) is 30.4 Å². The largest absolute Gasteiger partial charge is 1.00 e. The molecule has 2 fully saturated rings. The maximum atomic E-state index is 11.8. The summed E-state index contributed by atoms with van der Waals surface area (Å²) in [6.45, 7) is 9.56. The van der Waals surface area contributed by atoms with E-state index in [1.165, 1.54) is 55.7 Å². The Bertz CT molecular complexity index is 4480. The van der Waals surface area contributed by atoms with E-state index in [9.17, 15) is 43.8 Å². The minimum Gasteiger partial charge on any atom is -0.545 e. The number of nitrogens with one attached hydrogen (secondary N) is 3. The average Bonchev–Trinajstić information content (AvgIpc) is 1.67. The number of carbonyl (C=O) groups is 7. The molecule has 27 nitrogen and oxygen atoms in total. The van der Waals surface area contributed by atoms with Crippen LogP contribution in [0.25, 0.3) is 0 Å². The molecule has 3 amide bonds. The molecule has 0 aromatic heterocycles. The first-order valence-corrected chi connectivity index (χ1v) is 38.1. The van der Waals surface area contributed by atoms with Gasteiger partial charge in [-0.1, -0.05) is 120 Å². The molecule has 574 valence electrons. The van der Waals surface area contributed by atoms with Crippen LogP contribution in [0.5, 0.6) is 5.75 Å². The first-order valence-electron chi connectivity index (χ1n) is 35.1. The maximum absolute atomic E-state index is 11.8. The van der Waals surface area contributed by atoms with E-state index < -0.39 is 33.2 Å². The summed E-state index contributed by atoms with van der Waals surface area (Å²) in [5, 5.41) is 72.1. The summed E-state index contributed by atoms with van der Waals surface area (Å²) < 4.78 is 50.7. The van der Waals surface area contributed by atoms with Crippen LogP contribution in [0.15, 0.2) is 247 Å². The Morgan fingerprint density at radius 3 is 1.23 bits per heavy atom. The molecule has 8 aromatic carbocycles. The number of carboxylic acids is 2. The molecule has 2 heterocycles. The molecule has 0 radical (unpaired) electrons. The number of hydrogen-bond acceptors (Lipinski definition) is 25. The van der Waals surface area contributed by atoms with Gasteiger partial charge in [0.05, 0.1) is 57.4 Å². The Morgan fingerprint density at radius 1 is 0.441 bits per heavy atom. The van der Waals surface area contributed by atoms with Gasteiger partial charge in [0.15, 0.2) is 5.78 Å². The summed E-state index contributed by atoms with van der Waals surface area (Å²) >= 11 is 2.01. The number of phenolic OH excluding ortho intramolecular Hbond substituents is 1. The Labute approximate surface area is 738 Å². The molecular weight excluding hydrogens is 1530 g/mol. The van der Waals surface area contributed by atoms with Crippen LogP contribution in [-0.2, 0) is 30.8 Å². The Kier molecular flexibility index (Phi) is 51.9. The number of aromatic carboxylic acids is 2. The molecular formula is C79H87K2N11O16S3. The third-order valence-electron chi connectivity index (χ3n) is 15.4. The number of azo groups is 4. The van der Waals surface area contributed by atoms with Gasteiger partial charge in [0, 0.05) is 72.3 Å². The van der Waals surface area contributed by atoms with E-state index in [0.717, 1.165) is 87.0 Å². The fourth-order valence-corrected chi connectivity index (χ4v) is 11.6. The standard InChI is InChI=1S/C20H23N3O2.C17H29NO2S.C16H17N3O.C13H10N2O3.C13H10N2O2.2K.2O3S/c1-3-5-19(24)15-6-10-17(11-7-15)22-23-18-12-8-16(9-13-18)20(25)21-14-4-2;1-2-3-4-5-8-14(19)9-6-7-10-15-17-13(12-21-15)11-16(20)18-17;1-2-12-17-16(20)13-8-10-15(11-9-13)19-18-14-6-4-3-5-7-14;16-10-7-5-9(6-8-10)14-15-12-4-2-1-3-11(12)13(17)18;16-13(17)10-6-8-12(9-7-10)15-14-11-4-2-1-3-5-11;;;2*1-4(2)3/h6-13H,3-5,14H2,1-2H3,(H,21,25);13,15,17H,2-12H2,1H3,(H,18,20);3-11H,2,12H2,1H3,(H,17,20);1-8,16H,(H,17,18);1-9H,(H,16,17);;;;/q;;;;;2*+1;;/p-2/t;13-,15?,17-;;;;;;;/m.1......./s1. The third kappa shape index (κ3) is 42.7. The summed E-state index contributed by atoms with van der Waals surface area (Å²) in [4.78, 5) is 79.9. The molecule has 2 saturated heterocycles. The van der Waals surface area contributed by atoms with Crippen LogP contribution in [0.3, 0.4) is 0 Å². The number of benzene rings is 8. The second-order valence-corrected chi connectivity index (χ2v) is 26.0. The van der Waals surface area contributed by atoms with Crippen LogP contribution in [0.2, 0.25) is 0 Å². The molecule has 1 unspecified atom stereocenters. The fraction of sp³-hybridized carbons (Fsp3) is 0.304. The summed E-state index contributed by atoms with van der Waals surface area (Å²) in [7, 11) is -6.22. The summed E-state index contributed by atoms with van der Waals surface area (Å²) in [6.07, 6.45) is 13.5. The van der Waals surface area contributed by atoms with Crippen LogP contribution in [0.1, 0.15) is 169 Å². The molecule has 3 atom stereocenters. The number of amides is 3. The van der Waals surface area contributed by atoms with E-state index in [2.05, 4.69) is 63.8 Å². The van der Waals surface area contributed by atoms with Gasteiger partial charge in [0.1, 0.15) is 11.5 Å². The van der Waals surface area contributed by atoms with Crippen molar-refractivity contribution in [3.05, 3.63) is 234 Å². The van der Waals surface area contributed by atoms with Gasteiger partial charge in [-0.25, -0.2) is 0 Å². The normalized spacial score (nSPS) is 13.4. The molecule has 8 aromatic rings. The first-order chi connectivity index (χ1) is 52.5. The topological polar surface area (TPSA) is 423 Å². The second-order valence-electron chi connectivity index (χ2n) is 23.9. The van der Waals surface area contributed by atoms with Crippen molar-refractivity contribution in [2.24, 2.45) is 46.8 Å². The SMILES string of the molecule is CCCCCCC(=O)CCCCC1SC[C@H]2CC(=O)N[C@@H]12.CCCNC(=O)c1ccc(N=Nc2ccc(C(=O)CCC)cc2)cc1.CCCNC(=O)c1ccc(N=Nc2ccccc2)cc1.O=C([O-])c1ccc(N=Nc2ccccc2)cc1.O=C([O-])c1ccccc1N=Nc1ccc(O)cc1.O=S(=O)=O.O=S(=O)=O.[K+].[K+]. The quantitative estimate of drug-likeness (QED) is 0.0146. The van der Waals surface area contributed by atoms with Crippen LogP contribution in [0, 0.1) is 5.92 Å². The van der Waals surface area contributed by atoms with Crippen molar-refractivity contribution in [2.75, 3.05) is 18.8 Å². The number of nitrogens with zero attached hydrogens (tertiary/aromatic N) is 8. The monoisotopic (exact) mass is 1620 g/mol. The molecule has 32 heteroatoms. The molecule has 0 bridgehead atoms. The van der Waals surface area contributed by atoms with E-state index in [4.69, 9.17) is 30.4 Å². The van der Waals surface area contributed by atoms with Gasteiger partial charge in [0.2, 0.25) is 5.91 Å². The number of thioether (sulfide) groups is 1. The summed E-state index contributed by atoms with van der Waals surface area (Å²) in [5.74, 6) is 0.00196. The maximum Gasteiger partial charge on any atom is 1.00 e. The van der Waals surface area contributed by atoms with E-state index in [1.807, 2.05) is 93.2 Å². The predicted molar refractivity (Wildman–Crippen MR) is 411 cm³/mol. The second kappa shape index (κ2) is 58.4. The molecule has 4 N–H and O–H groups in total. The van der Waals surface area contributed by atoms with Crippen molar-refractivity contribution in [1.82, 2.24) is 16.0 Å². The fourth-order valence-electron chi connectivity index (χ4n) is 9.93. The van der Waals surface area contributed by atoms with Gasteiger partial charge in [-0.05, 0) is 195 Å². The van der Waals surface area contributed by atoms with E-state index in [-0.39, 0.29) is 149 Å². The third-order valence-corrected chi connectivity index (χ3v) is 17.0. The van der Waals surface area contributed by atoms with Gasteiger partial charge >= 0.3 is 124 Å². The average molecular weight is 1620 g/mol. The zero-order valence-electron chi connectivity index (χ0n) is 62.8. The number of Topliss-reactive ketones (excluding diaryl/α,β-unsaturated/α-hetero) is 2. The Hall–Kier alpha value is -8.49. The van der Waals surface area contributed by atoms with E-state index in [0.29, 0.717) is 81.9 Å². The molecule has 111 heavy (non-hydrogen) atoms. The van der Waals surface area contributed by atoms with Crippen LogP contribution in [-0.4, -0.2) is 102 Å². The van der Waals surface area contributed by atoms with Crippen LogP contribution >= 0.6 is 11.8 Å². The first kappa shape index (κ1) is 98.6. The zero-order chi connectivity index (χ0) is 79.6. The molecule has 10 rings (SSSR count). The van der Waals surface area contributed by atoms with E-state index >= 15 is 0 Å². The molecule has 2 aliphatic heterocycles. The number of hydrogen-bond donors (Lipinski definition) is 4. The van der Waals surface area contributed by atoms with E-state index in [1.54, 1.807) is 109 Å². The number of aromatic hydroxyl groups is 1. The number of rotatable bonds is 29. The van der Waals surface area contributed by atoms with Crippen LogP contribution < -0.4 is 129 Å². The number of ketones is 2. The summed E-state index contributed by atoms with van der Waals surface area (Å²) in [5.41, 5.74) is 7.01. The molecule has 0 aliphatic carbocycles. The Morgan fingerprint density at radius 2 is 0.820 bits per heavy atom.